The van der Waals surface area contributed by atoms with Gasteiger partial charge in [0.1, 0.15) is 0 Å². The zero-order valence-corrected chi connectivity index (χ0v) is 11.3. The van der Waals surface area contributed by atoms with E-state index in [2.05, 4.69) is 17.0 Å². The Kier molecular flexibility index (Phi) is 3.60. The van der Waals surface area contributed by atoms with Gasteiger partial charge in [-0.1, -0.05) is 30.2 Å². The molecule has 1 N–H and O–H groups in total. The van der Waals surface area contributed by atoms with E-state index in [0.29, 0.717) is 18.6 Å². The summed E-state index contributed by atoms with van der Waals surface area (Å²) in [6.07, 6.45) is 4.05. The minimum absolute atomic E-state index is 0.328. The molecule has 1 saturated carbocycles. The first-order valence-electron chi connectivity index (χ1n) is 6.88. The van der Waals surface area contributed by atoms with Crippen molar-refractivity contribution >= 4 is 11.6 Å². The van der Waals surface area contributed by atoms with Gasteiger partial charge in [0, 0.05) is 36.7 Å². The van der Waals surface area contributed by atoms with E-state index in [1.807, 2.05) is 12.1 Å². The molecule has 0 spiro atoms. The first-order valence-corrected chi connectivity index (χ1v) is 7.26. The fourth-order valence-corrected chi connectivity index (χ4v) is 3.28. The SMILES string of the molecule is OCC1CN(C(c2ccc(Cl)cc2)C2CCC2)C1. The van der Waals surface area contributed by atoms with Crippen LogP contribution in [-0.2, 0) is 0 Å². The Bertz CT molecular complexity index is 395. The summed E-state index contributed by atoms with van der Waals surface area (Å²) < 4.78 is 0. The summed E-state index contributed by atoms with van der Waals surface area (Å²) in [5.74, 6) is 1.28. The van der Waals surface area contributed by atoms with Crippen molar-refractivity contribution in [3.63, 3.8) is 0 Å². The number of hydrogen-bond donors (Lipinski definition) is 1. The Morgan fingerprint density at radius 3 is 2.39 bits per heavy atom. The lowest BCUT2D eigenvalue weighted by molar-refractivity contribution is -0.0178. The summed E-state index contributed by atoms with van der Waals surface area (Å²) in [7, 11) is 0. The monoisotopic (exact) mass is 265 g/mol. The quantitative estimate of drug-likeness (QED) is 0.904. The zero-order chi connectivity index (χ0) is 12.5. The van der Waals surface area contributed by atoms with E-state index < -0.39 is 0 Å². The molecule has 0 aromatic heterocycles. The summed E-state index contributed by atoms with van der Waals surface area (Å²) in [5.41, 5.74) is 1.39. The van der Waals surface area contributed by atoms with Gasteiger partial charge in [-0.15, -0.1) is 0 Å². The standard InChI is InChI=1S/C15H20ClNO/c16-14-6-4-13(5-7-14)15(12-2-1-3-12)17-8-11(9-17)10-18/h4-7,11-12,15,18H,1-3,8-10H2. The summed E-state index contributed by atoms with van der Waals surface area (Å²) in [4.78, 5) is 2.52. The minimum atomic E-state index is 0.328. The maximum atomic E-state index is 9.16. The molecule has 3 rings (SSSR count). The van der Waals surface area contributed by atoms with Crippen molar-refractivity contribution in [2.45, 2.75) is 25.3 Å². The predicted molar refractivity (Wildman–Crippen MR) is 73.7 cm³/mol. The molecule has 1 aromatic rings. The second-order valence-electron chi connectivity index (χ2n) is 5.69. The van der Waals surface area contributed by atoms with Crippen LogP contribution in [-0.4, -0.2) is 29.7 Å². The number of rotatable bonds is 4. The average molecular weight is 266 g/mol. The van der Waals surface area contributed by atoms with E-state index in [1.54, 1.807) is 0 Å². The molecule has 0 radical (unpaired) electrons. The lowest BCUT2D eigenvalue weighted by Gasteiger charge is -2.49. The van der Waals surface area contributed by atoms with Crippen molar-refractivity contribution in [1.82, 2.24) is 4.90 Å². The number of likely N-dealkylation sites (tertiary alicyclic amines) is 1. The van der Waals surface area contributed by atoms with Crippen molar-refractivity contribution in [3.05, 3.63) is 34.9 Å². The molecule has 1 saturated heterocycles. The van der Waals surface area contributed by atoms with Gasteiger partial charge in [0.2, 0.25) is 0 Å². The topological polar surface area (TPSA) is 23.5 Å². The largest absolute Gasteiger partial charge is 0.396 e. The van der Waals surface area contributed by atoms with Gasteiger partial charge in [-0.2, -0.15) is 0 Å². The number of nitrogens with zero attached hydrogens (tertiary/aromatic N) is 1. The third kappa shape index (κ3) is 2.29. The second kappa shape index (κ2) is 5.20. The van der Waals surface area contributed by atoms with E-state index in [0.717, 1.165) is 24.0 Å². The van der Waals surface area contributed by atoms with Gasteiger partial charge in [-0.25, -0.2) is 0 Å². The highest BCUT2D eigenvalue weighted by molar-refractivity contribution is 6.30. The van der Waals surface area contributed by atoms with Gasteiger partial charge in [-0.05, 0) is 36.5 Å². The highest BCUT2D eigenvalue weighted by Crippen LogP contribution is 2.43. The summed E-state index contributed by atoms with van der Waals surface area (Å²) in [5, 5.41) is 9.97. The Balaban J connectivity index is 1.75. The zero-order valence-electron chi connectivity index (χ0n) is 10.6. The van der Waals surface area contributed by atoms with Crippen molar-refractivity contribution in [2.24, 2.45) is 11.8 Å². The first kappa shape index (κ1) is 12.5. The first-order chi connectivity index (χ1) is 8.78. The molecule has 1 aliphatic carbocycles. The predicted octanol–water partition coefficient (Wildman–Crippen LogP) is 3.11. The fourth-order valence-electron chi connectivity index (χ4n) is 3.15. The smallest absolute Gasteiger partial charge is 0.0483 e. The minimum Gasteiger partial charge on any atom is -0.396 e. The van der Waals surface area contributed by atoms with Crippen LogP contribution < -0.4 is 0 Å². The molecule has 18 heavy (non-hydrogen) atoms. The van der Waals surface area contributed by atoms with E-state index in [-0.39, 0.29) is 0 Å². The summed E-state index contributed by atoms with van der Waals surface area (Å²) in [6, 6.07) is 8.85. The van der Waals surface area contributed by atoms with Crippen LogP contribution in [0.15, 0.2) is 24.3 Å². The molecule has 1 aromatic carbocycles. The lowest BCUT2D eigenvalue weighted by atomic mass is 9.75. The fraction of sp³-hybridized carbons (Fsp3) is 0.600. The maximum absolute atomic E-state index is 9.16. The molecule has 1 aliphatic heterocycles. The van der Waals surface area contributed by atoms with Crippen LogP contribution in [0.1, 0.15) is 30.9 Å². The molecule has 3 heteroatoms. The van der Waals surface area contributed by atoms with Crippen LogP contribution in [0.2, 0.25) is 5.02 Å². The number of aliphatic hydroxyl groups excluding tert-OH is 1. The van der Waals surface area contributed by atoms with Gasteiger partial charge in [0.05, 0.1) is 0 Å². The maximum Gasteiger partial charge on any atom is 0.0483 e. The number of hydrogen-bond acceptors (Lipinski definition) is 2. The molecule has 2 aliphatic rings. The number of benzene rings is 1. The van der Waals surface area contributed by atoms with Crippen molar-refractivity contribution in [2.75, 3.05) is 19.7 Å². The molecule has 98 valence electrons. The molecule has 2 fully saturated rings. The van der Waals surface area contributed by atoms with E-state index in [1.165, 1.54) is 24.8 Å². The number of aliphatic hydroxyl groups is 1. The lowest BCUT2D eigenvalue weighted by Crippen LogP contribution is -2.52. The molecule has 2 nitrogen and oxygen atoms in total. The molecular formula is C15H20ClNO. The molecule has 1 unspecified atom stereocenters. The Hall–Kier alpha value is -0.570. The molecule has 0 bridgehead atoms. The third-order valence-corrected chi connectivity index (χ3v) is 4.70. The van der Waals surface area contributed by atoms with Gasteiger partial charge in [0.25, 0.3) is 0 Å². The van der Waals surface area contributed by atoms with Crippen LogP contribution in [0.5, 0.6) is 0 Å². The van der Waals surface area contributed by atoms with Gasteiger partial charge < -0.3 is 5.11 Å². The summed E-state index contributed by atoms with van der Waals surface area (Å²) >= 11 is 5.97. The average Bonchev–Trinajstić information content (AvgIpc) is 2.25. The van der Waals surface area contributed by atoms with Crippen molar-refractivity contribution in [3.8, 4) is 0 Å². The number of halogens is 1. The van der Waals surface area contributed by atoms with Crippen LogP contribution in [0.3, 0.4) is 0 Å². The molecule has 0 amide bonds. The Morgan fingerprint density at radius 2 is 1.89 bits per heavy atom. The van der Waals surface area contributed by atoms with Crippen LogP contribution in [0.25, 0.3) is 0 Å². The van der Waals surface area contributed by atoms with E-state index in [9.17, 15) is 0 Å². The van der Waals surface area contributed by atoms with E-state index in [4.69, 9.17) is 16.7 Å². The molecule has 1 heterocycles. The Labute approximate surface area is 114 Å². The van der Waals surface area contributed by atoms with Crippen LogP contribution >= 0.6 is 11.6 Å². The Morgan fingerprint density at radius 1 is 1.22 bits per heavy atom. The van der Waals surface area contributed by atoms with Crippen molar-refractivity contribution in [1.29, 1.82) is 0 Å². The van der Waals surface area contributed by atoms with Crippen molar-refractivity contribution < 1.29 is 5.11 Å². The van der Waals surface area contributed by atoms with E-state index >= 15 is 0 Å². The molecular weight excluding hydrogens is 246 g/mol. The highest BCUT2D eigenvalue weighted by atomic mass is 35.5. The molecule has 1 atom stereocenters. The normalized spacial score (nSPS) is 23.4. The third-order valence-electron chi connectivity index (χ3n) is 4.44. The van der Waals surface area contributed by atoms with Crippen LogP contribution in [0, 0.1) is 11.8 Å². The highest BCUT2D eigenvalue weighted by Gasteiger charge is 2.38. The van der Waals surface area contributed by atoms with Gasteiger partial charge >= 0.3 is 0 Å². The second-order valence-corrected chi connectivity index (χ2v) is 6.13. The van der Waals surface area contributed by atoms with Gasteiger partial charge in [-0.3, -0.25) is 4.90 Å². The summed E-state index contributed by atoms with van der Waals surface area (Å²) in [6.45, 7) is 2.41. The van der Waals surface area contributed by atoms with Gasteiger partial charge in [0.15, 0.2) is 0 Å². The van der Waals surface area contributed by atoms with Crippen LogP contribution in [0.4, 0.5) is 0 Å².